The van der Waals surface area contributed by atoms with E-state index in [1.54, 1.807) is 0 Å². The standard InChI is InChI=1S/CH3.2NO.W/c;2*1-2;/h1H3;;;/q3*-1;. The Balaban J connectivity index is -0.00000000500. The summed E-state index contributed by atoms with van der Waals surface area (Å²) in [5.41, 5.74) is 11.5. The summed E-state index contributed by atoms with van der Waals surface area (Å²) in [6.45, 7) is 0. The topological polar surface area (TPSA) is 78.7 Å². The Labute approximate surface area is 50.1 Å². The summed E-state index contributed by atoms with van der Waals surface area (Å²) in [7, 11) is 0. The third-order valence-electron chi connectivity index (χ3n) is 0. The second-order valence-electron chi connectivity index (χ2n) is 0. The van der Waals surface area contributed by atoms with Crippen molar-refractivity contribution >= 4 is 0 Å². The molecule has 0 aliphatic carbocycles. The van der Waals surface area contributed by atoms with Crippen LogP contribution in [-0.4, -0.2) is 0 Å². The number of hydrogen-bond donors (Lipinski definition) is 0. The molecule has 0 atom stereocenters. The molecule has 6 heavy (non-hydrogen) atoms. The van der Waals surface area contributed by atoms with E-state index >= 15 is 0 Å². The van der Waals surface area contributed by atoms with Gasteiger partial charge in [-0.25, -0.2) is 0 Å². The monoisotopic (exact) mass is 259 g/mol. The molecule has 0 rings (SSSR count). The van der Waals surface area contributed by atoms with Gasteiger partial charge in [-0.1, -0.05) is 0 Å². The van der Waals surface area contributed by atoms with Crippen LogP contribution in [0.15, 0.2) is 0 Å². The van der Waals surface area contributed by atoms with Crippen molar-refractivity contribution in [3.8, 4) is 0 Å². The molecule has 38 valence electrons. The smallest absolute Gasteiger partial charge is 0 e. The molecule has 0 fully saturated rings. The predicted molar refractivity (Wildman–Crippen MR) is 19.9 cm³/mol. The Hall–Kier alpha value is -0.112. The molecule has 0 aliphatic heterocycles. The first-order valence-electron chi connectivity index (χ1n) is 0.365. The normalized spacial score (nSPS) is 1.33. The van der Waals surface area contributed by atoms with E-state index in [0.717, 1.165) is 0 Å². The van der Waals surface area contributed by atoms with Gasteiger partial charge in [0, 0.05) is 21.1 Å². The van der Waals surface area contributed by atoms with Gasteiger partial charge < -0.3 is 28.4 Å². The van der Waals surface area contributed by atoms with Crippen LogP contribution in [0.5, 0.6) is 0 Å². The molecule has 0 unspecified atom stereocenters. The van der Waals surface area contributed by atoms with Crippen LogP contribution >= 0.6 is 0 Å². The fraction of sp³-hybridized carbons (Fsp3) is 0. The van der Waals surface area contributed by atoms with Crippen LogP contribution in [0.1, 0.15) is 0 Å². The van der Waals surface area contributed by atoms with Gasteiger partial charge in [-0.05, 0) is 0 Å². The number of nitroso groups, excluding NO2 is 2. The zero-order valence-electron chi connectivity index (χ0n) is 3.12. The molecular formula is CH3N2O2W-3. The van der Waals surface area contributed by atoms with Gasteiger partial charge >= 0.3 is 0 Å². The Bertz CT molecular complexity index is 13.5. The average Bonchev–Trinajstić information content (AvgIpc) is 1.50. The van der Waals surface area contributed by atoms with Crippen molar-refractivity contribution in [3.05, 3.63) is 28.4 Å². The van der Waals surface area contributed by atoms with E-state index in [1.807, 2.05) is 0 Å². The first-order chi connectivity index (χ1) is 2.00. The zero-order valence-corrected chi connectivity index (χ0v) is 6.05. The van der Waals surface area contributed by atoms with Crippen molar-refractivity contribution in [3.63, 3.8) is 0 Å². The molecule has 0 radical (unpaired) electrons. The number of hydrogen-bond acceptors (Lipinski definition) is 2. The maximum absolute atomic E-state index is 7.25. The minimum atomic E-state index is 0. The van der Waals surface area contributed by atoms with Crippen LogP contribution < -0.4 is 0 Å². The first kappa shape index (κ1) is 39.5. The summed E-state index contributed by atoms with van der Waals surface area (Å²) in [4.78, 5) is 14.5. The molecule has 0 aromatic heterocycles. The first-order valence-corrected chi connectivity index (χ1v) is 0.365. The van der Waals surface area contributed by atoms with Crippen molar-refractivity contribution in [2.45, 2.75) is 0 Å². The fourth-order valence-corrected chi connectivity index (χ4v) is 0. The molecule has 0 bridgehead atoms. The summed E-state index contributed by atoms with van der Waals surface area (Å²) >= 11 is 0. The largest absolute Gasteiger partial charge is 0.577 e. The van der Waals surface area contributed by atoms with Crippen LogP contribution in [0.4, 0.5) is 0 Å². The van der Waals surface area contributed by atoms with Crippen LogP contribution in [0, 0.1) is 17.2 Å². The molecule has 0 saturated carbocycles. The van der Waals surface area contributed by atoms with Gasteiger partial charge in [0.25, 0.3) is 0 Å². The Morgan fingerprint density at radius 1 is 0.833 bits per heavy atom. The van der Waals surface area contributed by atoms with Crippen molar-refractivity contribution in [2.24, 2.45) is 0 Å². The fourth-order valence-electron chi connectivity index (χ4n) is 0. The Morgan fingerprint density at radius 3 is 0.833 bits per heavy atom. The molecule has 0 aromatic rings. The van der Waals surface area contributed by atoms with Crippen molar-refractivity contribution in [2.75, 3.05) is 0 Å². The molecule has 0 heterocycles. The van der Waals surface area contributed by atoms with Crippen LogP contribution in [-0.2, 0) is 21.1 Å². The summed E-state index contributed by atoms with van der Waals surface area (Å²) in [6.07, 6.45) is 0. The predicted octanol–water partition coefficient (Wildman–Crippen LogP) is 1.09. The van der Waals surface area contributed by atoms with Crippen molar-refractivity contribution in [1.82, 2.24) is 0 Å². The van der Waals surface area contributed by atoms with Gasteiger partial charge in [0.15, 0.2) is 0 Å². The van der Waals surface area contributed by atoms with Crippen molar-refractivity contribution < 1.29 is 21.1 Å². The molecular weight excluding hydrogens is 256 g/mol. The van der Waals surface area contributed by atoms with E-state index in [1.165, 1.54) is 0 Å². The van der Waals surface area contributed by atoms with Gasteiger partial charge in [-0.3, -0.25) is 0 Å². The van der Waals surface area contributed by atoms with E-state index in [4.69, 9.17) is 21.0 Å². The maximum atomic E-state index is 7.25. The third kappa shape index (κ3) is 2600. The summed E-state index contributed by atoms with van der Waals surface area (Å²) in [6, 6.07) is 0. The zero-order chi connectivity index (χ0) is 4.00. The van der Waals surface area contributed by atoms with E-state index in [2.05, 4.69) is 0 Å². The van der Waals surface area contributed by atoms with Gasteiger partial charge in [-0.15, -0.1) is 0 Å². The molecule has 0 N–H and O–H groups in total. The minimum absolute atomic E-state index is 0. The van der Waals surface area contributed by atoms with E-state index in [9.17, 15) is 0 Å². The van der Waals surface area contributed by atoms with Crippen LogP contribution in [0.25, 0.3) is 11.2 Å². The van der Waals surface area contributed by atoms with E-state index < -0.39 is 0 Å². The minimum Gasteiger partial charge on any atom is -0.577 e. The van der Waals surface area contributed by atoms with E-state index in [-0.39, 0.29) is 28.5 Å². The summed E-state index contributed by atoms with van der Waals surface area (Å²) in [5, 5.41) is 0. The quantitative estimate of drug-likeness (QED) is 0.610. The summed E-state index contributed by atoms with van der Waals surface area (Å²) in [5.74, 6) is 0. The molecule has 0 aliphatic rings. The second kappa shape index (κ2) is 5920. The molecule has 0 amide bonds. The van der Waals surface area contributed by atoms with Crippen LogP contribution in [0.2, 0.25) is 0 Å². The second-order valence-corrected chi connectivity index (χ2v) is 0. The van der Waals surface area contributed by atoms with Gasteiger partial charge in [0.1, 0.15) is 0 Å². The van der Waals surface area contributed by atoms with Crippen LogP contribution in [0.3, 0.4) is 0 Å². The Kier molecular flexibility index (Phi) is 39000. The van der Waals surface area contributed by atoms with Gasteiger partial charge in [0.2, 0.25) is 0 Å². The maximum Gasteiger partial charge on any atom is 0 e. The molecule has 0 saturated heterocycles. The van der Waals surface area contributed by atoms with Gasteiger partial charge in [0.05, 0.1) is 0 Å². The average molecular weight is 259 g/mol. The summed E-state index contributed by atoms with van der Waals surface area (Å²) < 4.78 is 0. The molecule has 0 spiro atoms. The molecule has 4 nitrogen and oxygen atoms in total. The molecule has 5 heteroatoms. The molecule has 0 aromatic carbocycles. The third-order valence-corrected chi connectivity index (χ3v) is 0. The Morgan fingerprint density at radius 2 is 0.833 bits per heavy atom. The van der Waals surface area contributed by atoms with Crippen molar-refractivity contribution in [1.29, 1.82) is 0 Å². The number of nitrogens with zero attached hydrogens (tertiary/aromatic N) is 2. The van der Waals surface area contributed by atoms with E-state index in [0.29, 0.717) is 0 Å². The number of rotatable bonds is 0. The van der Waals surface area contributed by atoms with Gasteiger partial charge in [-0.2, -0.15) is 0 Å². The SMILES string of the molecule is [CH3-].[N-]=O.[N-]=O.[W].